The first-order valence-electron chi connectivity index (χ1n) is 9.47. The van der Waals surface area contributed by atoms with E-state index >= 15 is 0 Å². The molecule has 2 aromatic heterocycles. The van der Waals surface area contributed by atoms with Gasteiger partial charge in [0.05, 0.1) is 36.4 Å². The van der Waals surface area contributed by atoms with Crippen LogP contribution in [0.25, 0.3) is 0 Å². The highest BCUT2D eigenvalue weighted by Crippen LogP contribution is 2.31. The van der Waals surface area contributed by atoms with Crippen LogP contribution >= 0.6 is 0 Å². The molecular weight excluding hydrogens is 345 g/mol. The number of amides is 1. The summed E-state index contributed by atoms with van der Waals surface area (Å²) in [5, 5.41) is 3.11. The van der Waals surface area contributed by atoms with Crippen molar-refractivity contribution in [2.45, 2.75) is 32.7 Å². The Labute approximate surface area is 159 Å². The first-order valence-corrected chi connectivity index (χ1v) is 9.47. The second kappa shape index (κ2) is 8.90. The molecule has 144 valence electrons. The van der Waals surface area contributed by atoms with Gasteiger partial charge in [-0.25, -0.2) is 9.37 Å². The van der Waals surface area contributed by atoms with Crippen LogP contribution in [0.1, 0.15) is 38.4 Å². The van der Waals surface area contributed by atoms with Crippen molar-refractivity contribution in [1.29, 1.82) is 0 Å². The quantitative estimate of drug-likeness (QED) is 0.809. The molecule has 0 aromatic carbocycles. The lowest BCUT2D eigenvalue weighted by molar-refractivity contribution is -0.132. The fourth-order valence-corrected chi connectivity index (χ4v) is 3.47. The summed E-state index contributed by atoms with van der Waals surface area (Å²) in [5.74, 6) is 0.375. The number of pyridine rings is 2. The Morgan fingerprint density at radius 1 is 1.22 bits per heavy atom. The molecule has 0 spiro atoms. The molecule has 3 rings (SSSR count). The summed E-state index contributed by atoms with van der Waals surface area (Å²) in [5.41, 5.74) is 1.76. The van der Waals surface area contributed by atoms with Crippen LogP contribution in [0.2, 0.25) is 0 Å². The van der Waals surface area contributed by atoms with Gasteiger partial charge in [-0.1, -0.05) is 0 Å². The van der Waals surface area contributed by atoms with Crippen molar-refractivity contribution < 1.29 is 9.18 Å². The molecule has 7 heteroatoms. The molecule has 1 atom stereocenters. The fourth-order valence-electron chi connectivity index (χ4n) is 3.47. The third kappa shape index (κ3) is 4.80. The van der Waals surface area contributed by atoms with Gasteiger partial charge in [-0.2, -0.15) is 0 Å². The van der Waals surface area contributed by atoms with Crippen molar-refractivity contribution in [3.63, 3.8) is 0 Å². The highest BCUT2D eigenvalue weighted by molar-refractivity contribution is 5.78. The van der Waals surface area contributed by atoms with E-state index in [0.29, 0.717) is 12.4 Å². The predicted octanol–water partition coefficient (Wildman–Crippen LogP) is 3.36. The van der Waals surface area contributed by atoms with Gasteiger partial charge in [0, 0.05) is 13.1 Å². The van der Waals surface area contributed by atoms with E-state index in [2.05, 4.69) is 20.2 Å². The molecule has 1 saturated heterocycles. The van der Waals surface area contributed by atoms with Crippen LogP contribution in [0.15, 0.2) is 36.7 Å². The van der Waals surface area contributed by atoms with Crippen LogP contribution in [0.3, 0.4) is 0 Å². The van der Waals surface area contributed by atoms with Crippen molar-refractivity contribution in [1.82, 2.24) is 19.8 Å². The van der Waals surface area contributed by atoms with Crippen molar-refractivity contribution >= 4 is 17.4 Å². The summed E-state index contributed by atoms with van der Waals surface area (Å²) in [6.07, 6.45) is 5.00. The highest BCUT2D eigenvalue weighted by atomic mass is 19.1. The molecule has 2 aromatic rings. The molecule has 27 heavy (non-hydrogen) atoms. The molecule has 1 aliphatic heterocycles. The van der Waals surface area contributed by atoms with Crippen LogP contribution in [0, 0.1) is 5.82 Å². The molecule has 1 fully saturated rings. The summed E-state index contributed by atoms with van der Waals surface area (Å²) in [4.78, 5) is 25.1. The van der Waals surface area contributed by atoms with E-state index in [1.807, 2.05) is 30.9 Å². The summed E-state index contributed by atoms with van der Waals surface area (Å²) in [6.45, 7) is 6.85. The van der Waals surface area contributed by atoms with Crippen molar-refractivity contribution in [3.05, 3.63) is 48.2 Å². The highest BCUT2D eigenvalue weighted by Gasteiger charge is 2.29. The van der Waals surface area contributed by atoms with E-state index in [1.54, 1.807) is 12.3 Å². The van der Waals surface area contributed by atoms with E-state index in [-0.39, 0.29) is 17.8 Å². The maximum Gasteiger partial charge on any atom is 0.236 e. The molecule has 1 N–H and O–H groups in total. The maximum atomic E-state index is 12.9. The lowest BCUT2D eigenvalue weighted by atomic mass is 10.1. The average Bonchev–Trinajstić information content (AvgIpc) is 3.13. The number of likely N-dealkylation sites (tertiary alicyclic amines) is 1. The third-order valence-corrected chi connectivity index (χ3v) is 4.95. The Kier molecular flexibility index (Phi) is 6.34. The molecule has 0 aliphatic carbocycles. The van der Waals surface area contributed by atoms with Crippen LogP contribution in [-0.2, 0) is 4.79 Å². The van der Waals surface area contributed by atoms with E-state index < -0.39 is 0 Å². The predicted molar refractivity (Wildman–Crippen MR) is 103 cm³/mol. The SMILES string of the molecule is CCN(CC)C(=O)CN1CCC[C@@H]1c1ccc(Nc2ccc(F)cn2)cn1. The summed E-state index contributed by atoms with van der Waals surface area (Å²) < 4.78 is 12.9. The Morgan fingerprint density at radius 2 is 2.04 bits per heavy atom. The molecule has 0 radical (unpaired) electrons. The monoisotopic (exact) mass is 371 g/mol. The van der Waals surface area contributed by atoms with E-state index in [4.69, 9.17) is 0 Å². The number of nitrogens with zero attached hydrogens (tertiary/aromatic N) is 4. The Balaban J connectivity index is 1.64. The second-order valence-corrected chi connectivity index (χ2v) is 6.65. The maximum absolute atomic E-state index is 12.9. The van der Waals surface area contributed by atoms with E-state index in [0.717, 1.165) is 43.9 Å². The van der Waals surface area contributed by atoms with Crippen LogP contribution < -0.4 is 5.32 Å². The molecular formula is C20H26FN5O. The summed E-state index contributed by atoms with van der Waals surface area (Å²) in [6, 6.07) is 7.04. The average molecular weight is 371 g/mol. The lowest BCUT2D eigenvalue weighted by Crippen LogP contribution is -2.40. The number of halogens is 1. The number of hydrogen-bond acceptors (Lipinski definition) is 5. The number of carbonyl (C=O) groups is 1. The summed E-state index contributed by atoms with van der Waals surface area (Å²) in [7, 11) is 0. The zero-order valence-electron chi connectivity index (χ0n) is 15.9. The number of rotatable bonds is 7. The number of anilines is 2. The smallest absolute Gasteiger partial charge is 0.236 e. The normalized spacial score (nSPS) is 17.1. The van der Waals surface area contributed by atoms with Crippen molar-refractivity contribution in [2.24, 2.45) is 0 Å². The topological polar surface area (TPSA) is 61.4 Å². The Bertz CT molecular complexity index is 746. The molecule has 6 nitrogen and oxygen atoms in total. The van der Waals surface area contributed by atoms with Crippen molar-refractivity contribution in [2.75, 3.05) is 31.5 Å². The van der Waals surface area contributed by atoms with E-state index in [1.165, 1.54) is 12.3 Å². The van der Waals surface area contributed by atoms with Gasteiger partial charge in [-0.05, 0) is 57.5 Å². The number of nitrogens with one attached hydrogen (secondary N) is 1. The largest absolute Gasteiger partial charge is 0.342 e. The van der Waals surface area contributed by atoms with Crippen LogP contribution in [0.4, 0.5) is 15.9 Å². The van der Waals surface area contributed by atoms with Gasteiger partial charge in [0.2, 0.25) is 5.91 Å². The van der Waals surface area contributed by atoms with Gasteiger partial charge in [0.1, 0.15) is 11.6 Å². The fraction of sp³-hybridized carbons (Fsp3) is 0.450. The van der Waals surface area contributed by atoms with Gasteiger partial charge in [-0.15, -0.1) is 0 Å². The van der Waals surface area contributed by atoms with Crippen LogP contribution in [-0.4, -0.2) is 51.9 Å². The van der Waals surface area contributed by atoms with Gasteiger partial charge in [-0.3, -0.25) is 14.7 Å². The van der Waals surface area contributed by atoms with Gasteiger partial charge in [0.25, 0.3) is 0 Å². The molecule has 0 unspecified atom stereocenters. The van der Waals surface area contributed by atoms with E-state index in [9.17, 15) is 9.18 Å². The minimum atomic E-state index is -0.366. The Hall–Kier alpha value is -2.54. The second-order valence-electron chi connectivity index (χ2n) is 6.65. The zero-order valence-corrected chi connectivity index (χ0v) is 15.9. The number of aromatic nitrogens is 2. The lowest BCUT2D eigenvalue weighted by Gasteiger charge is -2.27. The standard InChI is InChI=1S/C20H26FN5O/c1-3-25(4-2)20(27)14-26-11-5-6-18(26)17-9-8-16(13-22-17)24-19-10-7-15(21)12-23-19/h7-10,12-13,18H,3-6,11,14H2,1-2H3,(H,23,24)/t18-/m1/s1. The molecule has 0 saturated carbocycles. The molecule has 1 aliphatic rings. The van der Waals surface area contributed by atoms with Crippen LogP contribution in [0.5, 0.6) is 0 Å². The first-order chi connectivity index (χ1) is 13.1. The van der Waals surface area contributed by atoms with Gasteiger partial charge in [0.15, 0.2) is 0 Å². The third-order valence-electron chi connectivity index (χ3n) is 4.95. The molecule has 1 amide bonds. The minimum absolute atomic E-state index is 0.169. The van der Waals surface area contributed by atoms with Gasteiger partial charge >= 0.3 is 0 Å². The number of hydrogen-bond donors (Lipinski definition) is 1. The molecule has 3 heterocycles. The zero-order chi connectivity index (χ0) is 19.2. The molecule has 0 bridgehead atoms. The first kappa shape index (κ1) is 19.2. The number of likely N-dealkylation sites (N-methyl/N-ethyl adjacent to an activating group) is 1. The van der Waals surface area contributed by atoms with Crippen molar-refractivity contribution in [3.8, 4) is 0 Å². The summed E-state index contributed by atoms with van der Waals surface area (Å²) >= 11 is 0. The minimum Gasteiger partial charge on any atom is -0.342 e. The van der Waals surface area contributed by atoms with Gasteiger partial charge < -0.3 is 10.2 Å². The Morgan fingerprint density at radius 3 is 2.67 bits per heavy atom. The number of carbonyl (C=O) groups excluding carboxylic acids is 1.